The van der Waals surface area contributed by atoms with E-state index in [-0.39, 0.29) is 11.2 Å². The SMILES string of the molecule is COC(=O)/C(=C/C(C)(C)CNC/C=C/c1ccccc1)OC. The highest BCUT2D eigenvalue weighted by molar-refractivity contribution is 5.86. The van der Waals surface area contributed by atoms with Crippen LogP contribution in [0.3, 0.4) is 0 Å². The van der Waals surface area contributed by atoms with E-state index in [1.54, 1.807) is 6.08 Å². The minimum Gasteiger partial charge on any atom is -0.490 e. The van der Waals surface area contributed by atoms with Gasteiger partial charge in [0.2, 0.25) is 5.76 Å². The first-order valence-electron chi connectivity index (χ1n) is 7.26. The molecule has 0 aliphatic heterocycles. The van der Waals surface area contributed by atoms with Crippen molar-refractivity contribution in [2.75, 3.05) is 27.3 Å². The normalized spacial score (nSPS) is 12.5. The van der Waals surface area contributed by atoms with Gasteiger partial charge in [-0.05, 0) is 17.1 Å². The molecule has 22 heavy (non-hydrogen) atoms. The first kappa shape index (κ1) is 18.0. The maximum absolute atomic E-state index is 11.5. The summed E-state index contributed by atoms with van der Waals surface area (Å²) in [6.45, 7) is 5.54. The molecule has 0 aliphatic rings. The molecular weight excluding hydrogens is 278 g/mol. The second-order valence-electron chi connectivity index (χ2n) is 5.64. The first-order valence-corrected chi connectivity index (χ1v) is 7.26. The average Bonchev–Trinajstić information content (AvgIpc) is 2.52. The molecule has 0 saturated heterocycles. The van der Waals surface area contributed by atoms with Crippen molar-refractivity contribution in [2.24, 2.45) is 5.41 Å². The van der Waals surface area contributed by atoms with Gasteiger partial charge in [0.1, 0.15) is 0 Å². The molecule has 1 rings (SSSR count). The second-order valence-corrected chi connectivity index (χ2v) is 5.64. The zero-order valence-corrected chi connectivity index (χ0v) is 13.8. The van der Waals surface area contributed by atoms with Crippen LogP contribution < -0.4 is 5.32 Å². The van der Waals surface area contributed by atoms with E-state index >= 15 is 0 Å². The number of nitrogens with one attached hydrogen (secondary N) is 1. The van der Waals surface area contributed by atoms with Gasteiger partial charge < -0.3 is 14.8 Å². The summed E-state index contributed by atoms with van der Waals surface area (Å²) in [5.74, 6) is -0.228. The summed E-state index contributed by atoms with van der Waals surface area (Å²) in [5.41, 5.74) is 0.955. The molecule has 1 aromatic carbocycles. The highest BCUT2D eigenvalue weighted by atomic mass is 16.6. The van der Waals surface area contributed by atoms with Crippen LogP contribution in [0, 0.1) is 5.41 Å². The monoisotopic (exact) mass is 303 g/mol. The molecule has 0 heterocycles. The Hall–Kier alpha value is -2.07. The third-order valence-corrected chi connectivity index (χ3v) is 3.08. The molecule has 0 bridgehead atoms. The molecule has 4 nitrogen and oxygen atoms in total. The molecule has 1 N–H and O–H groups in total. The Morgan fingerprint density at radius 3 is 2.45 bits per heavy atom. The number of hydrogen-bond acceptors (Lipinski definition) is 4. The van der Waals surface area contributed by atoms with Crippen molar-refractivity contribution in [3.05, 3.63) is 53.8 Å². The fraction of sp³-hybridized carbons (Fsp3) is 0.389. The van der Waals surface area contributed by atoms with Crippen molar-refractivity contribution in [3.8, 4) is 0 Å². The predicted octanol–water partition coefficient (Wildman–Crippen LogP) is 3.02. The van der Waals surface area contributed by atoms with E-state index in [2.05, 4.69) is 34.3 Å². The highest BCUT2D eigenvalue weighted by Gasteiger charge is 2.19. The van der Waals surface area contributed by atoms with Crippen LogP contribution in [-0.4, -0.2) is 33.3 Å². The van der Waals surface area contributed by atoms with Crippen LogP contribution in [0.1, 0.15) is 19.4 Å². The van der Waals surface area contributed by atoms with Gasteiger partial charge in [0.25, 0.3) is 0 Å². The molecule has 120 valence electrons. The molecule has 4 heteroatoms. The van der Waals surface area contributed by atoms with E-state index in [0.29, 0.717) is 0 Å². The van der Waals surface area contributed by atoms with Gasteiger partial charge in [-0.2, -0.15) is 0 Å². The first-order chi connectivity index (χ1) is 10.5. The van der Waals surface area contributed by atoms with E-state index in [1.165, 1.54) is 19.8 Å². The second kappa shape index (κ2) is 9.05. The maximum atomic E-state index is 11.5. The largest absolute Gasteiger partial charge is 0.490 e. The quantitative estimate of drug-likeness (QED) is 0.347. The van der Waals surface area contributed by atoms with Crippen molar-refractivity contribution in [1.82, 2.24) is 5.32 Å². The van der Waals surface area contributed by atoms with E-state index in [1.807, 2.05) is 32.0 Å². The number of ether oxygens (including phenoxy) is 2. The Morgan fingerprint density at radius 2 is 1.86 bits per heavy atom. The maximum Gasteiger partial charge on any atom is 0.372 e. The fourth-order valence-electron chi connectivity index (χ4n) is 1.94. The van der Waals surface area contributed by atoms with Crippen LogP contribution in [-0.2, 0) is 14.3 Å². The van der Waals surface area contributed by atoms with Gasteiger partial charge in [-0.15, -0.1) is 0 Å². The summed E-state index contributed by atoms with van der Waals surface area (Å²) in [4.78, 5) is 11.5. The van der Waals surface area contributed by atoms with Gasteiger partial charge in [-0.3, -0.25) is 0 Å². The standard InChI is InChI=1S/C18H25NO3/c1-18(2,13-16(21-3)17(20)22-4)14-19-12-8-11-15-9-6-5-7-10-15/h5-11,13,19H,12,14H2,1-4H3/b11-8+,16-13-. The van der Waals surface area contributed by atoms with Gasteiger partial charge in [0, 0.05) is 13.1 Å². The van der Waals surface area contributed by atoms with E-state index in [4.69, 9.17) is 4.74 Å². The van der Waals surface area contributed by atoms with Crippen LogP contribution in [0.25, 0.3) is 6.08 Å². The number of esters is 1. The van der Waals surface area contributed by atoms with Crippen LogP contribution in [0.5, 0.6) is 0 Å². The molecular formula is C18H25NO3. The number of methoxy groups -OCH3 is 2. The molecule has 0 aliphatic carbocycles. The summed E-state index contributed by atoms with van der Waals surface area (Å²) in [6, 6.07) is 10.1. The molecule has 0 unspecified atom stereocenters. The van der Waals surface area contributed by atoms with Crippen molar-refractivity contribution in [2.45, 2.75) is 13.8 Å². The Kier molecular flexibility index (Phi) is 7.40. The minimum absolute atomic E-state index is 0.222. The summed E-state index contributed by atoms with van der Waals surface area (Å²) in [6.07, 6.45) is 5.93. The van der Waals surface area contributed by atoms with E-state index < -0.39 is 5.97 Å². The molecule has 0 radical (unpaired) electrons. The smallest absolute Gasteiger partial charge is 0.372 e. The van der Waals surface area contributed by atoms with Crippen molar-refractivity contribution in [3.63, 3.8) is 0 Å². The summed E-state index contributed by atoms with van der Waals surface area (Å²) >= 11 is 0. The minimum atomic E-state index is -0.459. The fourth-order valence-corrected chi connectivity index (χ4v) is 1.94. The van der Waals surface area contributed by atoms with Crippen molar-refractivity contribution >= 4 is 12.0 Å². The molecule has 0 saturated carbocycles. The van der Waals surface area contributed by atoms with Gasteiger partial charge >= 0.3 is 5.97 Å². The number of hydrogen-bond donors (Lipinski definition) is 1. The topological polar surface area (TPSA) is 47.6 Å². The lowest BCUT2D eigenvalue weighted by Gasteiger charge is -2.21. The number of benzene rings is 1. The van der Waals surface area contributed by atoms with Crippen LogP contribution in [0.15, 0.2) is 48.2 Å². The molecule has 0 atom stereocenters. The lowest BCUT2D eigenvalue weighted by molar-refractivity contribution is -0.139. The third-order valence-electron chi connectivity index (χ3n) is 3.08. The Morgan fingerprint density at radius 1 is 1.18 bits per heavy atom. The van der Waals surface area contributed by atoms with Crippen molar-refractivity contribution < 1.29 is 14.3 Å². The summed E-state index contributed by atoms with van der Waals surface area (Å²) in [5, 5.41) is 3.34. The molecule has 0 spiro atoms. The van der Waals surface area contributed by atoms with Crippen LogP contribution >= 0.6 is 0 Å². The van der Waals surface area contributed by atoms with Gasteiger partial charge in [-0.1, -0.05) is 56.3 Å². The molecule has 1 aromatic rings. The zero-order chi connectivity index (χ0) is 16.4. The van der Waals surface area contributed by atoms with Crippen LogP contribution in [0.2, 0.25) is 0 Å². The Labute approximate surface area is 132 Å². The van der Waals surface area contributed by atoms with Gasteiger partial charge in [0.05, 0.1) is 14.2 Å². The Balaban J connectivity index is 2.47. The molecule has 0 amide bonds. The predicted molar refractivity (Wildman–Crippen MR) is 89.2 cm³/mol. The lowest BCUT2D eigenvalue weighted by atomic mass is 9.92. The van der Waals surface area contributed by atoms with Crippen molar-refractivity contribution in [1.29, 1.82) is 0 Å². The Bertz CT molecular complexity index is 518. The third kappa shape index (κ3) is 6.59. The van der Waals surface area contributed by atoms with Gasteiger partial charge in [-0.25, -0.2) is 4.79 Å². The number of carbonyl (C=O) groups excluding carboxylic acids is 1. The number of rotatable bonds is 8. The van der Waals surface area contributed by atoms with Crippen LogP contribution in [0.4, 0.5) is 0 Å². The summed E-state index contributed by atoms with van der Waals surface area (Å²) < 4.78 is 9.75. The lowest BCUT2D eigenvalue weighted by Crippen LogP contribution is -2.29. The molecule has 0 fully saturated rings. The molecule has 0 aromatic heterocycles. The van der Waals surface area contributed by atoms with E-state index in [0.717, 1.165) is 13.1 Å². The summed E-state index contributed by atoms with van der Waals surface area (Å²) in [7, 11) is 2.81. The van der Waals surface area contributed by atoms with E-state index in [9.17, 15) is 4.79 Å². The zero-order valence-electron chi connectivity index (χ0n) is 13.8. The highest BCUT2D eigenvalue weighted by Crippen LogP contribution is 2.19. The number of carbonyl (C=O) groups is 1. The average molecular weight is 303 g/mol. The van der Waals surface area contributed by atoms with Gasteiger partial charge in [0.15, 0.2) is 0 Å².